The number of rotatable bonds is 3. The molecule has 0 spiro atoms. The van der Waals surface area contributed by atoms with Crippen molar-refractivity contribution < 1.29 is 44.1 Å². The summed E-state index contributed by atoms with van der Waals surface area (Å²) in [6.07, 6.45) is 3.60. The van der Waals surface area contributed by atoms with Crippen LogP contribution < -0.4 is 23.6 Å². The zero-order valence-corrected chi connectivity index (χ0v) is 17.2. The van der Waals surface area contributed by atoms with E-state index in [0.717, 1.165) is 39.1 Å². The number of aryl methyl sites for hydroxylation is 4. The zero-order valence-electron chi connectivity index (χ0n) is 16.4. The molecule has 0 aliphatic heterocycles. The molecule has 3 aromatic rings. The first-order valence-corrected chi connectivity index (χ1v) is 9.88. The molecule has 0 saturated heterocycles. The number of hydrogen-bond donors (Lipinski definition) is 3. The predicted molar refractivity (Wildman–Crippen MR) is 93.5 cm³/mol. The number of halogens is 1. The van der Waals surface area contributed by atoms with Crippen molar-refractivity contribution in [3.63, 3.8) is 0 Å². The first-order chi connectivity index (χ1) is 13.4. The van der Waals surface area contributed by atoms with Gasteiger partial charge in [-0.05, 0) is 38.8 Å². The molecule has 2 aromatic carbocycles. The predicted octanol–water partition coefficient (Wildman–Crippen LogP) is -1.10. The van der Waals surface area contributed by atoms with Gasteiger partial charge in [-0.1, -0.05) is 35.4 Å². The first-order valence-electron chi connectivity index (χ1n) is 8.64. The molecule has 0 saturated carbocycles. The molecule has 0 atom stereocenters. The lowest BCUT2D eigenvalue weighted by atomic mass is 9.84. The largest absolute Gasteiger partial charge is 0.507 e. The van der Waals surface area contributed by atoms with Crippen LogP contribution in [0.15, 0.2) is 36.8 Å². The Bertz CT molecular complexity index is 920. The van der Waals surface area contributed by atoms with E-state index in [9.17, 15) is 10.2 Å². The van der Waals surface area contributed by atoms with Gasteiger partial charge in [0.15, 0.2) is 5.69 Å². The number of phenols is 2. The second-order valence-corrected chi connectivity index (χ2v) is 7.66. The maximum atomic E-state index is 10.7. The molecule has 1 heterocycles. The van der Waals surface area contributed by atoms with E-state index >= 15 is 0 Å². The van der Waals surface area contributed by atoms with E-state index in [-0.39, 0.29) is 17.4 Å². The van der Waals surface area contributed by atoms with Crippen LogP contribution in [0.3, 0.4) is 0 Å². The van der Waals surface area contributed by atoms with E-state index in [1.54, 1.807) is 6.33 Å². The third-order valence-electron chi connectivity index (χ3n) is 4.44. The Labute approximate surface area is 170 Å². The lowest BCUT2D eigenvalue weighted by Crippen LogP contribution is -2.68. The molecule has 3 rings (SSSR count). The number of aromatic amines is 2. The summed E-state index contributed by atoms with van der Waals surface area (Å²) in [5.74, 6) is 0.242. The van der Waals surface area contributed by atoms with Crippen molar-refractivity contribution in [1.29, 1.82) is 0 Å². The van der Waals surface area contributed by atoms with Crippen LogP contribution in [0.5, 0.6) is 11.5 Å². The fraction of sp³-hybridized carbons (Fsp3) is 0.250. The van der Waals surface area contributed by atoms with E-state index < -0.39 is 10.2 Å². The average molecular weight is 423 g/mol. The van der Waals surface area contributed by atoms with E-state index in [0.29, 0.717) is 0 Å². The van der Waals surface area contributed by atoms with E-state index in [1.165, 1.54) is 0 Å². The van der Waals surface area contributed by atoms with Crippen LogP contribution in [-0.2, 0) is 0 Å². The summed E-state index contributed by atoms with van der Waals surface area (Å²) in [5, 5.41) is 21.4. The van der Waals surface area contributed by atoms with Crippen LogP contribution in [0.2, 0.25) is 0 Å². The highest BCUT2D eigenvalue weighted by molar-refractivity contribution is 5.56. The van der Waals surface area contributed by atoms with Gasteiger partial charge >= 0.3 is 0 Å². The Morgan fingerprint density at radius 1 is 0.828 bits per heavy atom. The molecular weight excluding hydrogens is 400 g/mol. The highest BCUT2D eigenvalue weighted by Gasteiger charge is 2.28. The summed E-state index contributed by atoms with van der Waals surface area (Å²) in [5.41, 5.74) is 6.25. The van der Waals surface area contributed by atoms with Gasteiger partial charge in [0, 0.05) is 11.1 Å². The highest BCUT2D eigenvalue weighted by atomic mass is 35.7. The van der Waals surface area contributed by atoms with Crippen LogP contribution in [0.25, 0.3) is 0 Å². The van der Waals surface area contributed by atoms with Gasteiger partial charge in [-0.3, -0.25) is 4.98 Å². The van der Waals surface area contributed by atoms with Crippen LogP contribution in [0, 0.1) is 37.9 Å². The normalized spacial score (nSPS) is 11.3. The minimum atomic E-state index is -4.94. The lowest BCUT2D eigenvalue weighted by Gasteiger charge is -2.20. The van der Waals surface area contributed by atoms with Gasteiger partial charge in [-0.25, -0.2) is 23.6 Å². The van der Waals surface area contributed by atoms with E-state index in [4.69, 9.17) is 18.6 Å². The van der Waals surface area contributed by atoms with Crippen molar-refractivity contribution in [2.75, 3.05) is 0 Å². The number of H-pyrrole nitrogens is 2. The van der Waals surface area contributed by atoms with Crippen molar-refractivity contribution >= 4 is 0 Å². The van der Waals surface area contributed by atoms with Gasteiger partial charge in [-0.2, -0.15) is 0 Å². The highest BCUT2D eigenvalue weighted by Crippen LogP contribution is 2.42. The molecule has 0 aliphatic rings. The molecule has 29 heavy (non-hydrogen) atoms. The summed E-state index contributed by atoms with van der Waals surface area (Å²) < 4.78 is 34.0. The average Bonchev–Trinajstić information content (AvgIpc) is 3.09. The van der Waals surface area contributed by atoms with Crippen molar-refractivity contribution in [2.24, 2.45) is 0 Å². The molecule has 1 aromatic heterocycles. The van der Waals surface area contributed by atoms with Crippen LogP contribution in [-0.4, -0.2) is 15.2 Å². The molecule has 0 bridgehead atoms. The summed E-state index contributed by atoms with van der Waals surface area (Å²) in [4.78, 5) is 6.22. The first kappa shape index (κ1) is 22.7. The van der Waals surface area contributed by atoms with Crippen molar-refractivity contribution in [3.8, 4) is 11.5 Å². The molecule has 0 fully saturated rings. The minimum Gasteiger partial charge on any atom is -0.507 e. The molecule has 0 aliphatic carbocycles. The van der Waals surface area contributed by atoms with Gasteiger partial charge in [0.2, 0.25) is 6.33 Å². The smallest absolute Gasteiger partial charge is 0.239 e. The zero-order chi connectivity index (χ0) is 21.9. The quantitative estimate of drug-likeness (QED) is 0.485. The number of phenolic OH excluding ortho intramolecular Hbond substituents is 2. The van der Waals surface area contributed by atoms with E-state index in [1.807, 2.05) is 58.2 Å². The van der Waals surface area contributed by atoms with Crippen LogP contribution in [0.1, 0.15) is 45.0 Å². The third kappa shape index (κ3) is 5.93. The summed E-state index contributed by atoms with van der Waals surface area (Å²) >= 11 is 0. The van der Waals surface area contributed by atoms with Gasteiger partial charge in [0.05, 0.1) is 5.92 Å². The van der Waals surface area contributed by atoms with Gasteiger partial charge in [0.25, 0.3) is 0 Å². The van der Waals surface area contributed by atoms with Crippen LogP contribution in [0.4, 0.5) is 0 Å². The summed E-state index contributed by atoms with van der Waals surface area (Å²) in [7, 11) is -4.94. The second kappa shape index (κ2) is 8.81. The Kier molecular flexibility index (Phi) is 6.89. The third-order valence-corrected chi connectivity index (χ3v) is 4.44. The fourth-order valence-electron chi connectivity index (χ4n) is 3.39. The molecule has 0 amide bonds. The van der Waals surface area contributed by atoms with Gasteiger partial charge < -0.3 is 10.2 Å². The minimum absolute atomic E-state index is 0.263. The molecular formula is C20H23ClN2O6. The molecule has 4 N–H and O–H groups in total. The molecule has 9 heteroatoms. The Balaban J connectivity index is 0.000000537. The number of aromatic hydroxyl groups is 2. The van der Waals surface area contributed by atoms with Crippen molar-refractivity contribution in [3.05, 3.63) is 75.9 Å². The maximum absolute atomic E-state index is 10.7. The molecule has 0 radical (unpaired) electrons. The van der Waals surface area contributed by atoms with Crippen molar-refractivity contribution in [2.45, 2.75) is 33.6 Å². The lowest BCUT2D eigenvalue weighted by molar-refractivity contribution is -2.00. The Hall–Kier alpha value is -2.62. The van der Waals surface area contributed by atoms with Gasteiger partial charge in [-0.15, -0.1) is 10.2 Å². The topological polar surface area (TPSA) is 163 Å². The molecule has 8 nitrogen and oxygen atoms in total. The van der Waals surface area contributed by atoms with Gasteiger partial charge in [0.1, 0.15) is 17.7 Å². The maximum Gasteiger partial charge on any atom is 0.239 e. The number of imidazole rings is 1. The molecule has 156 valence electrons. The number of hydrogen-bond acceptors (Lipinski definition) is 6. The number of aromatic nitrogens is 2. The number of benzene rings is 2. The Morgan fingerprint density at radius 3 is 1.59 bits per heavy atom. The Morgan fingerprint density at radius 2 is 1.24 bits per heavy atom. The monoisotopic (exact) mass is 422 g/mol. The standard InChI is InChI=1S/C20H22N2O2.ClHO4/c1-11-5-13(3)19(23)15(7-11)18(17-9-21-10-22-17)16-8-12(2)6-14(4)20(16)24;2-1(3,4)5/h5-10,18,23-24H,1-4H3,(H,21,22);(H,2,3,4,5). The summed E-state index contributed by atoms with van der Waals surface area (Å²) in [6.45, 7) is 7.81. The fourth-order valence-corrected chi connectivity index (χ4v) is 3.39. The van der Waals surface area contributed by atoms with E-state index in [2.05, 4.69) is 9.97 Å². The summed E-state index contributed by atoms with van der Waals surface area (Å²) in [6, 6.07) is 7.87. The SMILES string of the molecule is Cc1cc(C)c(O)c(C(c2c[nH+]c[nH]2)c2cc(C)cc(C)c2O)c1.[O-][Cl+3]([O-])([O-])[O-]. The van der Waals surface area contributed by atoms with Crippen molar-refractivity contribution in [1.82, 2.24) is 4.98 Å². The van der Waals surface area contributed by atoms with Crippen LogP contribution >= 0.6 is 0 Å². The second-order valence-electron chi connectivity index (χ2n) is 6.91. The molecule has 0 unspecified atom stereocenters. The number of nitrogens with one attached hydrogen (secondary N) is 2.